The molecule has 1 aromatic heterocycles. The van der Waals surface area contributed by atoms with Crippen LogP contribution in [0.25, 0.3) is 11.1 Å². The molecule has 63 heavy (non-hydrogen) atoms. The summed E-state index contributed by atoms with van der Waals surface area (Å²) >= 11 is 0. The number of likely N-dealkylation sites (tertiary alicyclic amines) is 1. The summed E-state index contributed by atoms with van der Waals surface area (Å²) in [6.07, 6.45) is 5.22. The molecule has 0 bridgehead atoms. The van der Waals surface area contributed by atoms with Crippen LogP contribution in [0, 0.1) is 0 Å². The minimum absolute atomic E-state index is 0.106. The number of aromatic nitrogens is 1. The molecule has 0 spiro atoms. The number of fused-ring (bicyclic) bond motifs is 2. The number of carbonyl (C=O) groups excluding carboxylic acids is 4. The standard InChI is InChI=1S/C46H60N8O9/c1-49(2)25-37-39(61-4)21-28(22-40(37)62-5)35-26-50(3)43(57)36-27-53(20-14-32(35)36)46(60)47-15-6-16-51-17-11-31(24-51)63-30-12-18-52(19-13-30)29-7-8-33-34(23-29)45(59)54(44(33)58)38-9-10-41(55)48-42(38)56/h7-8,21-23,26,30-31,38,45,59H,6,9-20,24-25,27H2,1-5H3,(H,47,60)(H,48,55,56). The molecule has 8 rings (SSSR count). The van der Waals surface area contributed by atoms with Gasteiger partial charge in [-0.05, 0) is 101 Å². The Bertz CT molecular complexity index is 2280. The Morgan fingerprint density at radius 3 is 2.33 bits per heavy atom. The highest BCUT2D eigenvalue weighted by atomic mass is 16.5. The van der Waals surface area contributed by atoms with Gasteiger partial charge in [-0.2, -0.15) is 0 Å². The average molecular weight is 869 g/mol. The largest absolute Gasteiger partial charge is 0.496 e. The first-order chi connectivity index (χ1) is 30.3. The second-order valence-electron chi connectivity index (χ2n) is 17.6. The minimum Gasteiger partial charge on any atom is -0.496 e. The third kappa shape index (κ3) is 9.14. The Hall–Kier alpha value is -5.49. The van der Waals surface area contributed by atoms with E-state index in [4.69, 9.17) is 14.2 Å². The number of hydrogen-bond acceptors (Lipinski definition) is 12. The fourth-order valence-electron chi connectivity index (χ4n) is 9.89. The van der Waals surface area contributed by atoms with Crippen molar-refractivity contribution in [2.75, 3.05) is 79.0 Å². The first-order valence-electron chi connectivity index (χ1n) is 22.1. The van der Waals surface area contributed by atoms with E-state index >= 15 is 0 Å². The normalized spacial score (nSPS) is 21.8. The number of amides is 5. The van der Waals surface area contributed by atoms with Crippen molar-refractivity contribution in [1.29, 1.82) is 0 Å². The minimum atomic E-state index is -1.25. The van der Waals surface area contributed by atoms with Gasteiger partial charge in [-0.25, -0.2) is 4.79 Å². The van der Waals surface area contributed by atoms with E-state index in [9.17, 15) is 29.1 Å². The molecule has 3 unspecified atom stereocenters. The van der Waals surface area contributed by atoms with Crippen LogP contribution in [0.3, 0.4) is 0 Å². The second kappa shape index (κ2) is 18.7. The number of nitrogens with one attached hydrogen (secondary N) is 2. The van der Waals surface area contributed by atoms with Crippen molar-refractivity contribution in [3.8, 4) is 22.6 Å². The van der Waals surface area contributed by atoms with E-state index in [2.05, 4.69) is 25.3 Å². The van der Waals surface area contributed by atoms with E-state index in [1.165, 1.54) is 4.90 Å². The molecule has 17 nitrogen and oxygen atoms in total. The molecular weight excluding hydrogens is 809 g/mol. The van der Waals surface area contributed by atoms with Crippen LogP contribution in [0.1, 0.15) is 77.4 Å². The zero-order chi connectivity index (χ0) is 44.5. The van der Waals surface area contributed by atoms with Crippen LogP contribution in [0.15, 0.2) is 41.3 Å². The lowest BCUT2D eigenvalue weighted by Gasteiger charge is -2.35. The lowest BCUT2D eigenvalue weighted by atomic mass is 9.91. The Morgan fingerprint density at radius 1 is 0.905 bits per heavy atom. The molecule has 0 saturated carbocycles. The highest BCUT2D eigenvalue weighted by molar-refractivity contribution is 6.06. The van der Waals surface area contributed by atoms with Gasteiger partial charge in [0, 0.05) is 93.4 Å². The van der Waals surface area contributed by atoms with E-state index < -0.39 is 24.1 Å². The molecule has 5 aliphatic heterocycles. The maximum atomic E-state index is 13.4. The van der Waals surface area contributed by atoms with Crippen molar-refractivity contribution < 1.29 is 38.5 Å². The van der Waals surface area contributed by atoms with E-state index in [0.717, 1.165) is 86.3 Å². The van der Waals surface area contributed by atoms with Gasteiger partial charge in [0.15, 0.2) is 6.23 Å². The number of anilines is 1. The molecule has 2 aromatic carbocycles. The van der Waals surface area contributed by atoms with Crippen molar-refractivity contribution >= 4 is 29.4 Å². The molecule has 3 N–H and O–H groups in total. The van der Waals surface area contributed by atoms with Gasteiger partial charge >= 0.3 is 6.03 Å². The molecule has 3 atom stereocenters. The fourth-order valence-corrected chi connectivity index (χ4v) is 9.89. The zero-order valence-electron chi connectivity index (χ0n) is 37.0. The van der Waals surface area contributed by atoms with Gasteiger partial charge in [-0.15, -0.1) is 0 Å². The topological polar surface area (TPSA) is 178 Å². The third-order valence-corrected chi connectivity index (χ3v) is 13.2. The molecule has 3 aromatic rings. The van der Waals surface area contributed by atoms with Crippen LogP contribution in [-0.2, 0) is 40.9 Å². The number of imide groups is 1. The highest BCUT2D eigenvalue weighted by Gasteiger charge is 2.44. The van der Waals surface area contributed by atoms with Gasteiger partial charge in [0.1, 0.15) is 17.5 Å². The van der Waals surface area contributed by atoms with Gasteiger partial charge in [0.25, 0.3) is 11.5 Å². The summed E-state index contributed by atoms with van der Waals surface area (Å²) < 4.78 is 19.7. The second-order valence-corrected chi connectivity index (χ2v) is 17.6. The molecule has 3 saturated heterocycles. The SMILES string of the molecule is COc1cc(-c2cn(C)c(=O)c3c2CCN(C(=O)NCCCN2CCC(OC4CCN(c5ccc6c(c5)C(O)N(C5CCC(=O)NC5=O)C6=O)CC4)C2)C3)cc(OC)c1CN(C)C. The van der Waals surface area contributed by atoms with E-state index in [-0.39, 0.29) is 49.1 Å². The fraction of sp³-hybridized carbons (Fsp3) is 0.543. The highest BCUT2D eigenvalue weighted by Crippen LogP contribution is 2.40. The number of aliphatic hydroxyl groups is 1. The van der Waals surface area contributed by atoms with Crippen molar-refractivity contribution in [2.45, 2.75) is 82.5 Å². The number of nitrogens with zero attached hydrogens (tertiary/aromatic N) is 6. The van der Waals surface area contributed by atoms with Crippen molar-refractivity contribution in [2.24, 2.45) is 7.05 Å². The summed E-state index contributed by atoms with van der Waals surface area (Å²) in [5.74, 6) is 0.0948. The number of aliphatic hydroxyl groups excluding tert-OH is 1. The monoisotopic (exact) mass is 868 g/mol. The van der Waals surface area contributed by atoms with Gasteiger partial charge in [0.2, 0.25) is 11.8 Å². The van der Waals surface area contributed by atoms with E-state index in [1.807, 2.05) is 44.6 Å². The molecule has 338 valence electrons. The molecule has 5 aliphatic rings. The maximum absolute atomic E-state index is 13.4. The van der Waals surface area contributed by atoms with Crippen LogP contribution in [0.4, 0.5) is 10.5 Å². The number of benzene rings is 2. The maximum Gasteiger partial charge on any atom is 0.317 e. The zero-order valence-corrected chi connectivity index (χ0v) is 37.0. The predicted octanol–water partition coefficient (Wildman–Crippen LogP) is 2.60. The smallest absolute Gasteiger partial charge is 0.317 e. The number of piperidine rings is 2. The Balaban J connectivity index is 0.779. The molecule has 0 aliphatic carbocycles. The van der Waals surface area contributed by atoms with Gasteiger partial charge in [-0.1, -0.05) is 0 Å². The molecule has 5 amide bonds. The number of aryl methyl sites for hydroxylation is 1. The molecule has 3 fully saturated rings. The molecule has 0 radical (unpaired) electrons. The van der Waals surface area contributed by atoms with Crippen LogP contribution in [-0.4, -0.2) is 145 Å². The Kier molecular flexibility index (Phi) is 13.1. The van der Waals surface area contributed by atoms with Crippen molar-refractivity contribution in [1.82, 2.24) is 34.8 Å². The van der Waals surface area contributed by atoms with Crippen molar-refractivity contribution in [3.05, 3.63) is 74.7 Å². The Morgan fingerprint density at radius 2 is 1.63 bits per heavy atom. The average Bonchev–Trinajstić information content (AvgIpc) is 3.83. The lowest BCUT2D eigenvalue weighted by molar-refractivity contribution is -0.139. The summed E-state index contributed by atoms with van der Waals surface area (Å²) in [4.78, 5) is 73.8. The number of urea groups is 1. The summed E-state index contributed by atoms with van der Waals surface area (Å²) in [7, 11) is 9.03. The summed E-state index contributed by atoms with van der Waals surface area (Å²) in [6.45, 7) is 6.09. The number of pyridine rings is 1. The molecule has 17 heteroatoms. The van der Waals surface area contributed by atoms with Gasteiger partial charge in [0.05, 0.1) is 38.5 Å². The van der Waals surface area contributed by atoms with Crippen LogP contribution in [0.5, 0.6) is 11.5 Å². The van der Waals surface area contributed by atoms with Crippen LogP contribution in [0.2, 0.25) is 0 Å². The van der Waals surface area contributed by atoms with E-state index in [0.29, 0.717) is 54.2 Å². The first kappa shape index (κ1) is 44.1. The van der Waals surface area contributed by atoms with E-state index in [1.54, 1.807) is 36.8 Å². The molecular formula is C46H60N8O9. The van der Waals surface area contributed by atoms with Gasteiger partial charge < -0.3 is 48.8 Å². The predicted molar refractivity (Wildman–Crippen MR) is 235 cm³/mol. The number of methoxy groups -OCH3 is 2. The van der Waals surface area contributed by atoms with Gasteiger partial charge in [-0.3, -0.25) is 29.4 Å². The quantitative estimate of drug-likeness (QED) is 0.169. The summed E-state index contributed by atoms with van der Waals surface area (Å²) in [5.41, 5.74) is 6.00. The van der Waals surface area contributed by atoms with Crippen LogP contribution >= 0.6 is 0 Å². The van der Waals surface area contributed by atoms with Crippen LogP contribution < -0.4 is 30.6 Å². The number of ether oxygens (including phenoxy) is 3. The third-order valence-electron chi connectivity index (χ3n) is 13.2. The number of rotatable bonds is 13. The first-order valence-corrected chi connectivity index (χ1v) is 22.1. The number of carbonyl (C=O) groups is 4. The van der Waals surface area contributed by atoms with Crippen molar-refractivity contribution in [3.63, 3.8) is 0 Å². The Labute approximate surface area is 367 Å². The summed E-state index contributed by atoms with van der Waals surface area (Å²) in [6, 6.07) is 8.39. The lowest BCUT2D eigenvalue weighted by Crippen LogP contribution is -2.53. The summed E-state index contributed by atoms with van der Waals surface area (Å²) in [5, 5.41) is 16.5. The molecule has 6 heterocycles. The number of hydrogen-bond donors (Lipinski definition) is 3.